The molecule has 2 unspecified atom stereocenters. The number of hydrogen-bond donors (Lipinski definition) is 4. The third-order valence-corrected chi connectivity index (χ3v) is 3.69. The number of β-amino-alcohol motifs (C(OH)–C–C–N with tert-alkyl or cyclic N) is 2. The molecule has 1 fully saturated rings. The molecule has 21 heavy (non-hydrogen) atoms. The van der Waals surface area contributed by atoms with Crippen LogP contribution in [0.5, 0.6) is 0 Å². The lowest BCUT2D eigenvalue weighted by Gasteiger charge is -2.14. The van der Waals surface area contributed by atoms with E-state index in [9.17, 15) is 15.0 Å². The summed E-state index contributed by atoms with van der Waals surface area (Å²) >= 11 is 0. The number of anilines is 1. The third kappa shape index (κ3) is 4.78. The fraction of sp³-hybridized carbons (Fsp3) is 0.533. The molecule has 1 heterocycles. The van der Waals surface area contributed by atoms with Crippen LogP contribution < -0.4 is 11.1 Å². The zero-order valence-corrected chi connectivity index (χ0v) is 12.0. The van der Waals surface area contributed by atoms with Gasteiger partial charge in [0.25, 0.3) is 0 Å². The van der Waals surface area contributed by atoms with Crippen molar-refractivity contribution in [2.24, 2.45) is 5.73 Å². The second-order valence-corrected chi connectivity index (χ2v) is 5.45. The van der Waals surface area contributed by atoms with E-state index in [1.165, 1.54) is 0 Å². The number of hydrogen-bond acceptors (Lipinski definition) is 5. The number of nitrogens with one attached hydrogen (secondary N) is 1. The third-order valence-electron chi connectivity index (χ3n) is 3.69. The van der Waals surface area contributed by atoms with Crippen molar-refractivity contribution in [1.82, 2.24) is 4.90 Å². The molecule has 1 aromatic rings. The molecule has 2 atom stereocenters. The monoisotopic (exact) mass is 293 g/mol. The maximum atomic E-state index is 11.8. The molecule has 5 N–H and O–H groups in total. The first-order valence-electron chi connectivity index (χ1n) is 7.26. The molecule has 6 heteroatoms. The summed E-state index contributed by atoms with van der Waals surface area (Å²) in [5.41, 5.74) is 7.31. The Kier molecular flexibility index (Phi) is 5.69. The summed E-state index contributed by atoms with van der Waals surface area (Å²) < 4.78 is 0. The molecule has 0 bridgehead atoms. The van der Waals surface area contributed by atoms with Crippen LogP contribution in [-0.4, -0.2) is 52.9 Å². The van der Waals surface area contributed by atoms with E-state index in [1.54, 1.807) is 0 Å². The number of carbonyl (C=O) groups is 1. The van der Waals surface area contributed by atoms with Gasteiger partial charge in [-0.05, 0) is 30.7 Å². The fourth-order valence-corrected chi connectivity index (χ4v) is 2.44. The van der Waals surface area contributed by atoms with E-state index in [2.05, 4.69) is 5.32 Å². The molecule has 1 aliphatic rings. The number of aliphatic hydroxyl groups excluding tert-OH is 2. The largest absolute Gasteiger partial charge is 0.389 e. The predicted octanol–water partition coefficient (Wildman–Crippen LogP) is -0.0986. The van der Waals surface area contributed by atoms with Gasteiger partial charge in [-0.3, -0.25) is 9.69 Å². The molecule has 6 nitrogen and oxygen atoms in total. The fourth-order valence-electron chi connectivity index (χ4n) is 2.44. The normalized spacial score (nSPS) is 22.4. The minimum atomic E-state index is -0.667. The van der Waals surface area contributed by atoms with Crippen LogP contribution in [0, 0.1) is 0 Å². The van der Waals surface area contributed by atoms with Crippen molar-refractivity contribution in [3.8, 4) is 0 Å². The predicted molar refractivity (Wildman–Crippen MR) is 80.7 cm³/mol. The highest BCUT2D eigenvalue weighted by molar-refractivity contribution is 5.90. The lowest BCUT2D eigenvalue weighted by Crippen LogP contribution is -2.24. The first kappa shape index (κ1) is 15.9. The maximum absolute atomic E-state index is 11.8. The van der Waals surface area contributed by atoms with E-state index in [0.29, 0.717) is 39.0 Å². The van der Waals surface area contributed by atoms with E-state index >= 15 is 0 Å². The number of carbonyl (C=O) groups excluding carboxylic acids is 1. The zero-order valence-electron chi connectivity index (χ0n) is 12.0. The Bertz CT molecular complexity index is 454. The summed E-state index contributed by atoms with van der Waals surface area (Å²) in [4.78, 5) is 13.8. The number of nitrogens with two attached hydrogens (primary N) is 1. The Morgan fingerprint density at radius 1 is 1.24 bits per heavy atom. The first-order valence-corrected chi connectivity index (χ1v) is 7.26. The summed E-state index contributed by atoms with van der Waals surface area (Å²) in [6.45, 7) is 2.14. The molecule has 0 aliphatic carbocycles. The van der Waals surface area contributed by atoms with Gasteiger partial charge in [-0.2, -0.15) is 0 Å². The SMILES string of the molecule is NCc1ccc(NC(=O)CCCN2CC(O)C(O)C2)cc1. The molecule has 1 aliphatic heterocycles. The number of amides is 1. The summed E-state index contributed by atoms with van der Waals surface area (Å²) in [6, 6.07) is 7.46. The van der Waals surface area contributed by atoms with Crippen molar-refractivity contribution in [3.05, 3.63) is 29.8 Å². The second-order valence-electron chi connectivity index (χ2n) is 5.45. The van der Waals surface area contributed by atoms with Crippen molar-refractivity contribution < 1.29 is 15.0 Å². The quantitative estimate of drug-likeness (QED) is 0.587. The van der Waals surface area contributed by atoms with Gasteiger partial charge in [0.2, 0.25) is 5.91 Å². The Balaban J connectivity index is 1.67. The van der Waals surface area contributed by atoms with Crippen molar-refractivity contribution >= 4 is 11.6 Å². The zero-order chi connectivity index (χ0) is 15.2. The van der Waals surface area contributed by atoms with Crippen LogP contribution >= 0.6 is 0 Å². The summed E-state index contributed by atoms with van der Waals surface area (Å²) in [5.74, 6) is -0.0317. The van der Waals surface area contributed by atoms with Crippen molar-refractivity contribution in [3.63, 3.8) is 0 Å². The molecule has 0 radical (unpaired) electrons. The lowest BCUT2D eigenvalue weighted by molar-refractivity contribution is -0.116. The van der Waals surface area contributed by atoms with E-state index in [1.807, 2.05) is 29.2 Å². The van der Waals surface area contributed by atoms with Crippen LogP contribution in [0.3, 0.4) is 0 Å². The molecule has 116 valence electrons. The highest BCUT2D eigenvalue weighted by atomic mass is 16.3. The number of likely N-dealkylation sites (tertiary alicyclic amines) is 1. The Labute approximate surface area is 124 Å². The van der Waals surface area contributed by atoms with Gasteiger partial charge in [0.15, 0.2) is 0 Å². The number of rotatable bonds is 6. The van der Waals surface area contributed by atoms with Gasteiger partial charge in [-0.25, -0.2) is 0 Å². The van der Waals surface area contributed by atoms with Gasteiger partial charge < -0.3 is 21.3 Å². The van der Waals surface area contributed by atoms with Crippen molar-refractivity contribution in [2.45, 2.75) is 31.6 Å². The summed E-state index contributed by atoms with van der Waals surface area (Å²) in [6.07, 6.45) is -0.215. The van der Waals surface area contributed by atoms with E-state index < -0.39 is 12.2 Å². The van der Waals surface area contributed by atoms with Crippen LogP contribution in [0.15, 0.2) is 24.3 Å². The van der Waals surface area contributed by atoms with E-state index in [4.69, 9.17) is 5.73 Å². The molecule has 1 saturated heterocycles. The standard InChI is InChI=1S/C15H23N3O3/c16-8-11-3-5-12(6-4-11)17-15(21)2-1-7-18-9-13(19)14(20)10-18/h3-6,13-14,19-20H,1-2,7-10,16H2,(H,17,21). The van der Waals surface area contributed by atoms with Gasteiger partial charge >= 0.3 is 0 Å². The minimum Gasteiger partial charge on any atom is -0.389 e. The van der Waals surface area contributed by atoms with Crippen LogP contribution in [0.25, 0.3) is 0 Å². The van der Waals surface area contributed by atoms with Crippen molar-refractivity contribution in [2.75, 3.05) is 25.0 Å². The van der Waals surface area contributed by atoms with Gasteiger partial charge in [0.05, 0.1) is 12.2 Å². The van der Waals surface area contributed by atoms with Crippen LogP contribution in [0.4, 0.5) is 5.69 Å². The second kappa shape index (κ2) is 7.51. The van der Waals surface area contributed by atoms with Crippen molar-refractivity contribution in [1.29, 1.82) is 0 Å². The minimum absolute atomic E-state index is 0.0317. The Morgan fingerprint density at radius 3 is 2.43 bits per heavy atom. The smallest absolute Gasteiger partial charge is 0.224 e. The van der Waals surface area contributed by atoms with Gasteiger partial charge in [-0.1, -0.05) is 12.1 Å². The molecule has 1 aromatic carbocycles. The highest BCUT2D eigenvalue weighted by Gasteiger charge is 2.28. The molecule has 0 spiro atoms. The molecule has 1 amide bonds. The van der Waals surface area contributed by atoms with Gasteiger partial charge in [-0.15, -0.1) is 0 Å². The van der Waals surface area contributed by atoms with Crippen LogP contribution in [0.1, 0.15) is 18.4 Å². The van der Waals surface area contributed by atoms with Crippen LogP contribution in [-0.2, 0) is 11.3 Å². The summed E-state index contributed by atoms with van der Waals surface area (Å²) in [7, 11) is 0. The molecule has 2 rings (SSSR count). The van der Waals surface area contributed by atoms with Gasteiger partial charge in [0, 0.05) is 31.7 Å². The topological polar surface area (TPSA) is 98.8 Å². The van der Waals surface area contributed by atoms with E-state index in [-0.39, 0.29) is 5.91 Å². The van der Waals surface area contributed by atoms with E-state index in [0.717, 1.165) is 11.3 Å². The Hall–Kier alpha value is -1.47. The molecular weight excluding hydrogens is 270 g/mol. The van der Waals surface area contributed by atoms with Gasteiger partial charge in [0.1, 0.15) is 0 Å². The Morgan fingerprint density at radius 2 is 1.86 bits per heavy atom. The molecule has 0 saturated carbocycles. The van der Waals surface area contributed by atoms with Crippen LogP contribution in [0.2, 0.25) is 0 Å². The lowest BCUT2D eigenvalue weighted by atomic mass is 10.2. The average Bonchev–Trinajstić information content (AvgIpc) is 2.78. The highest BCUT2D eigenvalue weighted by Crippen LogP contribution is 2.12. The molecular formula is C15H23N3O3. The number of nitrogens with zero attached hydrogens (tertiary/aromatic N) is 1. The number of benzene rings is 1. The summed E-state index contributed by atoms with van der Waals surface area (Å²) in [5, 5.41) is 21.7. The first-order chi connectivity index (χ1) is 10.1. The average molecular weight is 293 g/mol. The molecule has 0 aromatic heterocycles. The number of aliphatic hydroxyl groups is 2. The maximum Gasteiger partial charge on any atom is 0.224 e.